The topological polar surface area (TPSA) is 41.6 Å². The van der Waals surface area contributed by atoms with Crippen LogP contribution >= 0.6 is 23.2 Å². The summed E-state index contributed by atoms with van der Waals surface area (Å²) in [5.74, 6) is 0.668. The van der Waals surface area contributed by atoms with Gasteiger partial charge in [-0.25, -0.2) is 0 Å². The quantitative estimate of drug-likeness (QED) is 0.928. The second kappa shape index (κ2) is 7.16. The van der Waals surface area contributed by atoms with Gasteiger partial charge in [-0.1, -0.05) is 23.2 Å². The van der Waals surface area contributed by atoms with E-state index in [-0.39, 0.29) is 11.9 Å². The maximum absolute atomic E-state index is 12.1. The first-order chi connectivity index (χ1) is 9.58. The monoisotopic (exact) mass is 316 g/mol. The van der Waals surface area contributed by atoms with Crippen molar-refractivity contribution in [2.75, 3.05) is 26.2 Å². The molecule has 1 heterocycles. The Morgan fingerprint density at radius 1 is 1.50 bits per heavy atom. The number of halogens is 2. The number of nitrogens with one attached hydrogen (secondary N) is 1. The number of carbonyl (C=O) groups is 1. The van der Waals surface area contributed by atoms with Crippen molar-refractivity contribution in [2.24, 2.45) is 0 Å². The predicted molar refractivity (Wildman–Crippen MR) is 80.6 cm³/mol. The van der Waals surface area contributed by atoms with E-state index >= 15 is 0 Å². The van der Waals surface area contributed by atoms with Gasteiger partial charge < -0.3 is 15.0 Å². The van der Waals surface area contributed by atoms with Crippen LogP contribution in [0.5, 0.6) is 5.75 Å². The highest BCUT2D eigenvalue weighted by Crippen LogP contribution is 2.27. The first kappa shape index (κ1) is 15.4. The van der Waals surface area contributed by atoms with Crippen LogP contribution in [0, 0.1) is 0 Å². The number of piperazine rings is 1. The third-order valence-electron chi connectivity index (χ3n) is 3.29. The normalized spacial score (nSPS) is 18.9. The molecule has 0 radical (unpaired) electrons. The fourth-order valence-electron chi connectivity index (χ4n) is 2.20. The highest BCUT2D eigenvalue weighted by Gasteiger charge is 2.22. The number of rotatable bonds is 4. The van der Waals surface area contributed by atoms with Gasteiger partial charge in [0.1, 0.15) is 5.75 Å². The third kappa shape index (κ3) is 4.01. The van der Waals surface area contributed by atoms with Crippen molar-refractivity contribution < 1.29 is 9.53 Å². The fraction of sp³-hybridized carbons (Fsp3) is 0.500. The zero-order valence-electron chi connectivity index (χ0n) is 11.4. The maximum atomic E-state index is 12.1. The SMILES string of the molecule is C[C@H]1CNCCN1C(=O)CCOc1ccc(Cl)cc1Cl. The Bertz CT molecular complexity index is 482. The molecule has 1 fully saturated rings. The minimum Gasteiger partial charge on any atom is -0.491 e. The van der Waals surface area contributed by atoms with E-state index in [0.717, 1.165) is 19.6 Å². The molecule has 1 N–H and O–H groups in total. The van der Waals surface area contributed by atoms with E-state index in [4.69, 9.17) is 27.9 Å². The van der Waals surface area contributed by atoms with E-state index in [1.54, 1.807) is 18.2 Å². The molecule has 1 amide bonds. The number of amides is 1. The van der Waals surface area contributed by atoms with Crippen molar-refractivity contribution in [3.05, 3.63) is 28.2 Å². The average Bonchev–Trinajstić information content (AvgIpc) is 2.41. The molecular formula is C14H18Cl2N2O2. The second-order valence-electron chi connectivity index (χ2n) is 4.81. The maximum Gasteiger partial charge on any atom is 0.226 e. The summed E-state index contributed by atoms with van der Waals surface area (Å²) < 4.78 is 5.53. The Morgan fingerprint density at radius 2 is 2.30 bits per heavy atom. The summed E-state index contributed by atoms with van der Waals surface area (Å²) in [5.41, 5.74) is 0. The van der Waals surface area contributed by atoms with Crippen LogP contribution in [0.3, 0.4) is 0 Å². The highest BCUT2D eigenvalue weighted by molar-refractivity contribution is 6.35. The summed E-state index contributed by atoms with van der Waals surface area (Å²) in [5, 5.41) is 4.28. The Kier molecular flexibility index (Phi) is 5.52. The summed E-state index contributed by atoms with van der Waals surface area (Å²) in [6.07, 6.45) is 0.350. The lowest BCUT2D eigenvalue weighted by Crippen LogP contribution is -2.52. The average molecular weight is 317 g/mol. The van der Waals surface area contributed by atoms with E-state index in [1.807, 2.05) is 11.8 Å². The van der Waals surface area contributed by atoms with Gasteiger partial charge in [-0.05, 0) is 25.1 Å². The molecule has 4 nitrogen and oxygen atoms in total. The molecule has 0 aromatic heterocycles. The molecule has 110 valence electrons. The number of nitrogens with zero attached hydrogens (tertiary/aromatic N) is 1. The lowest BCUT2D eigenvalue weighted by Gasteiger charge is -2.34. The van der Waals surface area contributed by atoms with Crippen LogP contribution in [0.1, 0.15) is 13.3 Å². The van der Waals surface area contributed by atoms with Gasteiger partial charge in [-0.3, -0.25) is 4.79 Å². The molecule has 0 bridgehead atoms. The van der Waals surface area contributed by atoms with Crippen molar-refractivity contribution in [3.63, 3.8) is 0 Å². The molecule has 20 heavy (non-hydrogen) atoms. The number of benzene rings is 1. The lowest BCUT2D eigenvalue weighted by molar-refractivity contribution is -0.134. The van der Waals surface area contributed by atoms with Gasteiger partial charge in [0.25, 0.3) is 0 Å². The smallest absolute Gasteiger partial charge is 0.226 e. The first-order valence-electron chi connectivity index (χ1n) is 6.66. The fourth-order valence-corrected chi connectivity index (χ4v) is 2.66. The van der Waals surface area contributed by atoms with Gasteiger partial charge in [0.05, 0.1) is 18.1 Å². The van der Waals surface area contributed by atoms with E-state index in [9.17, 15) is 4.79 Å². The van der Waals surface area contributed by atoms with Crippen LogP contribution in [0.2, 0.25) is 10.0 Å². The number of carbonyl (C=O) groups excluding carboxylic acids is 1. The summed E-state index contributed by atoms with van der Waals surface area (Å²) in [6, 6.07) is 5.28. The van der Waals surface area contributed by atoms with E-state index in [2.05, 4.69) is 5.32 Å². The molecule has 1 aliphatic rings. The zero-order chi connectivity index (χ0) is 14.5. The Labute approximate surface area is 129 Å². The summed E-state index contributed by atoms with van der Waals surface area (Å²) >= 11 is 11.8. The molecule has 0 saturated carbocycles. The van der Waals surface area contributed by atoms with Gasteiger partial charge in [-0.2, -0.15) is 0 Å². The molecule has 0 unspecified atom stereocenters. The Hall–Kier alpha value is -0.970. The summed E-state index contributed by atoms with van der Waals surface area (Å²) in [7, 11) is 0. The van der Waals surface area contributed by atoms with Gasteiger partial charge in [0.2, 0.25) is 5.91 Å². The van der Waals surface area contributed by atoms with Gasteiger partial charge in [0.15, 0.2) is 0 Å². The minimum atomic E-state index is 0.115. The van der Waals surface area contributed by atoms with Crippen molar-refractivity contribution in [1.82, 2.24) is 10.2 Å². The highest BCUT2D eigenvalue weighted by atomic mass is 35.5. The number of hydrogen-bond donors (Lipinski definition) is 1. The van der Waals surface area contributed by atoms with Crippen LogP contribution in [-0.2, 0) is 4.79 Å². The molecule has 1 aromatic rings. The van der Waals surface area contributed by atoms with Crippen molar-refractivity contribution in [3.8, 4) is 5.75 Å². The van der Waals surface area contributed by atoms with Gasteiger partial charge in [0, 0.05) is 30.7 Å². The Balaban J connectivity index is 1.81. The Morgan fingerprint density at radius 3 is 3.00 bits per heavy atom. The van der Waals surface area contributed by atoms with Crippen LogP contribution < -0.4 is 10.1 Å². The van der Waals surface area contributed by atoms with Gasteiger partial charge in [-0.15, -0.1) is 0 Å². The molecule has 0 spiro atoms. The standard InChI is InChI=1S/C14H18Cl2N2O2/c1-10-9-17-5-6-18(10)14(19)4-7-20-13-3-2-11(15)8-12(13)16/h2-3,8,10,17H,4-7,9H2,1H3/t10-/m0/s1. The lowest BCUT2D eigenvalue weighted by atomic mass is 10.2. The summed E-state index contributed by atoms with van der Waals surface area (Å²) in [4.78, 5) is 14.0. The predicted octanol–water partition coefficient (Wildman–Crippen LogP) is 2.58. The third-order valence-corrected chi connectivity index (χ3v) is 3.82. The van der Waals surface area contributed by atoms with Crippen LogP contribution in [0.15, 0.2) is 18.2 Å². The second-order valence-corrected chi connectivity index (χ2v) is 5.66. The molecule has 2 rings (SSSR count). The molecule has 1 saturated heterocycles. The van der Waals surface area contributed by atoms with Crippen LogP contribution in [0.4, 0.5) is 0 Å². The van der Waals surface area contributed by atoms with E-state index in [1.165, 1.54) is 0 Å². The van der Waals surface area contributed by atoms with Crippen molar-refractivity contribution in [1.29, 1.82) is 0 Å². The van der Waals surface area contributed by atoms with E-state index in [0.29, 0.717) is 28.8 Å². The molecule has 1 atom stereocenters. The van der Waals surface area contributed by atoms with Gasteiger partial charge >= 0.3 is 0 Å². The first-order valence-corrected chi connectivity index (χ1v) is 7.41. The molecule has 1 aliphatic heterocycles. The molecule has 0 aliphatic carbocycles. The molecule has 6 heteroatoms. The number of ether oxygens (including phenoxy) is 1. The van der Waals surface area contributed by atoms with Crippen molar-refractivity contribution >= 4 is 29.1 Å². The van der Waals surface area contributed by atoms with Crippen LogP contribution in [0.25, 0.3) is 0 Å². The molecule has 1 aromatic carbocycles. The minimum absolute atomic E-state index is 0.115. The zero-order valence-corrected chi connectivity index (χ0v) is 12.9. The van der Waals surface area contributed by atoms with E-state index < -0.39 is 0 Å². The largest absolute Gasteiger partial charge is 0.491 e. The van der Waals surface area contributed by atoms with Crippen molar-refractivity contribution in [2.45, 2.75) is 19.4 Å². The van der Waals surface area contributed by atoms with Crippen LogP contribution in [-0.4, -0.2) is 43.1 Å². The number of hydrogen-bond acceptors (Lipinski definition) is 3. The molecular weight excluding hydrogens is 299 g/mol. The summed E-state index contributed by atoms with van der Waals surface area (Å²) in [6.45, 7) is 4.80.